The van der Waals surface area contributed by atoms with E-state index in [2.05, 4.69) is 41.6 Å². The topological polar surface area (TPSA) is 119 Å². The first kappa shape index (κ1) is 33.5. The summed E-state index contributed by atoms with van der Waals surface area (Å²) in [6.07, 6.45) is -1.24. The lowest BCUT2D eigenvalue weighted by Crippen LogP contribution is -2.46. The van der Waals surface area contributed by atoms with E-state index in [1.54, 1.807) is 16.8 Å². The number of para-hydroxylation sites is 1. The molecule has 1 saturated heterocycles. The number of urea groups is 1. The summed E-state index contributed by atoms with van der Waals surface area (Å²) in [5, 5.41) is 15.3. The highest BCUT2D eigenvalue weighted by Gasteiger charge is 2.24. The number of ether oxygens (including phenoxy) is 3. The minimum absolute atomic E-state index is 0.203. The van der Waals surface area contributed by atoms with Gasteiger partial charge >= 0.3 is 12.1 Å². The summed E-state index contributed by atoms with van der Waals surface area (Å²) in [5.41, 5.74) is 3.97. The Morgan fingerprint density at radius 3 is 2.39 bits per heavy atom. The van der Waals surface area contributed by atoms with Crippen molar-refractivity contribution in [3.05, 3.63) is 108 Å². The van der Waals surface area contributed by atoms with Gasteiger partial charge in [-0.1, -0.05) is 80.9 Å². The first-order valence-corrected chi connectivity index (χ1v) is 16.4. The van der Waals surface area contributed by atoms with Gasteiger partial charge in [0.15, 0.2) is 0 Å². The van der Waals surface area contributed by atoms with Crippen LogP contribution in [-0.2, 0) is 14.9 Å². The van der Waals surface area contributed by atoms with Crippen LogP contribution in [-0.4, -0.2) is 65.9 Å². The number of anilines is 3. The molecule has 0 bridgehead atoms. The number of aromatic nitrogens is 2. The third kappa shape index (κ3) is 8.56. The summed E-state index contributed by atoms with van der Waals surface area (Å²) in [6, 6.07) is 30.2. The Bertz CT molecular complexity index is 1900. The maximum absolute atomic E-state index is 13.4. The van der Waals surface area contributed by atoms with Crippen LogP contribution in [0.4, 0.5) is 26.8 Å². The van der Waals surface area contributed by atoms with Crippen molar-refractivity contribution >= 4 is 40.1 Å². The van der Waals surface area contributed by atoms with Gasteiger partial charge in [-0.15, -0.1) is 0 Å². The van der Waals surface area contributed by atoms with Gasteiger partial charge in [-0.3, -0.25) is 15.5 Å². The molecule has 3 N–H and O–H groups in total. The standard InChI is InChI=1S/C38H42N6O5/c1-26-14-16-28(17-15-26)44-34(24-33(42-44)38(2,3)4)41-36(45)40-31-18-19-32(30-13-9-8-12-29(30)31)47-22-20-43-21-23-48-35(25-43)49-37(46)39-27-10-6-5-7-11-27/h5-19,24,35H,20-23,25H2,1-4H3,(H,39,46)(H2,40,41,45). The highest BCUT2D eigenvalue weighted by molar-refractivity contribution is 6.07. The van der Waals surface area contributed by atoms with Gasteiger partial charge in [-0.05, 0) is 43.3 Å². The normalized spacial score (nSPS) is 15.1. The van der Waals surface area contributed by atoms with E-state index in [1.807, 2.05) is 91.9 Å². The molecule has 0 aliphatic carbocycles. The van der Waals surface area contributed by atoms with E-state index >= 15 is 0 Å². The molecule has 2 heterocycles. The third-order valence-corrected chi connectivity index (χ3v) is 8.17. The van der Waals surface area contributed by atoms with E-state index in [1.165, 1.54) is 0 Å². The van der Waals surface area contributed by atoms with Crippen LogP contribution in [0.5, 0.6) is 5.75 Å². The lowest BCUT2D eigenvalue weighted by molar-refractivity contribution is -0.145. The molecular formula is C38H42N6O5. The lowest BCUT2D eigenvalue weighted by atomic mass is 9.92. The molecule has 3 amide bonds. The Balaban J connectivity index is 1.08. The van der Waals surface area contributed by atoms with Gasteiger partial charge in [0.05, 0.1) is 30.2 Å². The number of benzene rings is 4. The lowest BCUT2D eigenvalue weighted by Gasteiger charge is -2.32. The van der Waals surface area contributed by atoms with Gasteiger partial charge in [0.25, 0.3) is 0 Å². The fourth-order valence-electron chi connectivity index (χ4n) is 5.51. The van der Waals surface area contributed by atoms with Crippen molar-refractivity contribution in [1.82, 2.24) is 14.7 Å². The Labute approximate surface area is 286 Å². The van der Waals surface area contributed by atoms with E-state index in [0.717, 1.165) is 27.7 Å². The number of nitrogens with zero attached hydrogens (tertiary/aromatic N) is 3. The fourth-order valence-corrected chi connectivity index (χ4v) is 5.51. The van der Waals surface area contributed by atoms with Crippen LogP contribution in [0, 0.1) is 6.92 Å². The predicted molar refractivity (Wildman–Crippen MR) is 192 cm³/mol. The third-order valence-electron chi connectivity index (χ3n) is 8.17. The number of morpholine rings is 1. The number of rotatable bonds is 9. The van der Waals surface area contributed by atoms with Crippen LogP contribution in [0.1, 0.15) is 32.0 Å². The zero-order valence-corrected chi connectivity index (χ0v) is 28.2. The molecule has 1 aliphatic heterocycles. The van der Waals surface area contributed by atoms with Crippen LogP contribution in [0.15, 0.2) is 97.1 Å². The number of hydrogen-bond donors (Lipinski definition) is 3. The highest BCUT2D eigenvalue weighted by atomic mass is 16.7. The molecule has 11 nitrogen and oxygen atoms in total. The van der Waals surface area contributed by atoms with Gasteiger partial charge in [-0.2, -0.15) is 5.10 Å². The van der Waals surface area contributed by atoms with Crippen LogP contribution in [0.2, 0.25) is 0 Å². The second-order valence-corrected chi connectivity index (χ2v) is 13.0. The van der Waals surface area contributed by atoms with Crippen LogP contribution in [0.25, 0.3) is 16.5 Å². The van der Waals surface area contributed by atoms with Crippen LogP contribution < -0.4 is 20.7 Å². The molecule has 1 aromatic heterocycles. The molecule has 4 aromatic carbocycles. The molecule has 49 heavy (non-hydrogen) atoms. The summed E-state index contributed by atoms with van der Waals surface area (Å²) in [6.45, 7) is 10.9. The SMILES string of the molecule is Cc1ccc(-n2nc(C(C)(C)C)cc2NC(=O)Nc2ccc(OCCN3CCOC(OC(=O)Nc4ccccc4)C3)c3ccccc23)cc1. The fraction of sp³-hybridized carbons (Fsp3) is 0.289. The Hall–Kier alpha value is -5.39. The van der Waals surface area contributed by atoms with E-state index in [-0.39, 0.29) is 11.4 Å². The maximum Gasteiger partial charge on any atom is 0.413 e. The number of fused-ring (bicyclic) bond motifs is 1. The maximum atomic E-state index is 13.4. The van der Waals surface area contributed by atoms with Gasteiger partial charge in [0.2, 0.25) is 6.29 Å². The molecule has 5 aromatic rings. The number of carbonyl (C=O) groups is 2. The van der Waals surface area contributed by atoms with E-state index in [4.69, 9.17) is 19.3 Å². The van der Waals surface area contributed by atoms with E-state index < -0.39 is 12.4 Å². The average Bonchev–Trinajstić information content (AvgIpc) is 3.51. The number of carbonyl (C=O) groups excluding carboxylic acids is 2. The Morgan fingerprint density at radius 1 is 0.898 bits per heavy atom. The van der Waals surface area contributed by atoms with Crippen molar-refractivity contribution in [2.45, 2.75) is 39.4 Å². The van der Waals surface area contributed by atoms with Crippen LogP contribution in [0.3, 0.4) is 0 Å². The zero-order chi connectivity index (χ0) is 34.4. The molecule has 254 valence electrons. The first-order chi connectivity index (χ1) is 23.6. The number of nitrogens with one attached hydrogen (secondary N) is 3. The molecule has 0 spiro atoms. The Morgan fingerprint density at radius 2 is 1.63 bits per heavy atom. The average molecular weight is 663 g/mol. The summed E-state index contributed by atoms with van der Waals surface area (Å²) >= 11 is 0. The molecule has 11 heteroatoms. The first-order valence-electron chi connectivity index (χ1n) is 16.4. The minimum Gasteiger partial charge on any atom is -0.492 e. The van der Waals surface area contributed by atoms with Crippen molar-refractivity contribution in [2.24, 2.45) is 0 Å². The summed E-state index contributed by atoms with van der Waals surface area (Å²) < 4.78 is 19.1. The van der Waals surface area contributed by atoms with Crippen LogP contribution >= 0.6 is 0 Å². The monoisotopic (exact) mass is 662 g/mol. The Kier molecular flexibility index (Phi) is 10.1. The highest BCUT2D eigenvalue weighted by Crippen LogP contribution is 2.32. The molecule has 0 radical (unpaired) electrons. The predicted octanol–water partition coefficient (Wildman–Crippen LogP) is 7.56. The number of hydrogen-bond acceptors (Lipinski definition) is 7. The number of aryl methyl sites for hydroxylation is 1. The van der Waals surface area contributed by atoms with Crippen molar-refractivity contribution in [3.8, 4) is 11.4 Å². The second kappa shape index (κ2) is 14.8. The van der Waals surface area contributed by atoms with Crippen molar-refractivity contribution in [1.29, 1.82) is 0 Å². The van der Waals surface area contributed by atoms with E-state index in [0.29, 0.717) is 55.8 Å². The summed E-state index contributed by atoms with van der Waals surface area (Å²) in [7, 11) is 0. The van der Waals surface area contributed by atoms with Gasteiger partial charge in [0, 0.05) is 41.0 Å². The van der Waals surface area contributed by atoms with E-state index in [9.17, 15) is 9.59 Å². The van der Waals surface area contributed by atoms with Gasteiger partial charge < -0.3 is 19.5 Å². The molecule has 1 fully saturated rings. The molecule has 0 saturated carbocycles. The smallest absolute Gasteiger partial charge is 0.413 e. The molecule has 1 atom stereocenters. The number of amides is 3. The summed E-state index contributed by atoms with van der Waals surface area (Å²) in [5.74, 6) is 1.28. The molecule has 6 rings (SSSR count). The van der Waals surface area contributed by atoms with Gasteiger partial charge in [0.1, 0.15) is 18.2 Å². The summed E-state index contributed by atoms with van der Waals surface area (Å²) in [4.78, 5) is 27.9. The minimum atomic E-state index is -0.676. The van der Waals surface area contributed by atoms with Gasteiger partial charge in [-0.25, -0.2) is 14.3 Å². The second-order valence-electron chi connectivity index (χ2n) is 13.0. The quantitative estimate of drug-likeness (QED) is 0.149. The van der Waals surface area contributed by atoms with Crippen molar-refractivity contribution in [3.63, 3.8) is 0 Å². The molecular weight excluding hydrogens is 620 g/mol. The molecule has 1 aliphatic rings. The largest absolute Gasteiger partial charge is 0.492 e. The van der Waals surface area contributed by atoms with Crippen molar-refractivity contribution < 1.29 is 23.8 Å². The van der Waals surface area contributed by atoms with Crippen molar-refractivity contribution in [2.75, 3.05) is 48.8 Å². The molecule has 1 unspecified atom stereocenters. The zero-order valence-electron chi connectivity index (χ0n) is 28.2.